The molecule has 3 heteroatoms. The molecule has 0 unspecified atom stereocenters. The van der Waals surface area contributed by atoms with E-state index in [0.717, 1.165) is 35.7 Å². The number of benzene rings is 2. The first-order valence-electron chi connectivity index (χ1n) is 10.9. The van der Waals surface area contributed by atoms with Crippen molar-refractivity contribution in [1.29, 1.82) is 0 Å². The Bertz CT molecular complexity index is 1250. The van der Waals surface area contributed by atoms with Crippen molar-refractivity contribution >= 4 is 23.9 Å². The Balaban J connectivity index is 1.15. The Labute approximate surface area is 188 Å². The minimum atomic E-state index is 0.469. The summed E-state index contributed by atoms with van der Waals surface area (Å²) in [5.41, 5.74) is 8.23. The van der Waals surface area contributed by atoms with E-state index in [-0.39, 0.29) is 0 Å². The van der Waals surface area contributed by atoms with Crippen LogP contribution >= 0.6 is 0 Å². The lowest BCUT2D eigenvalue weighted by molar-refractivity contribution is 0.301. The van der Waals surface area contributed by atoms with Crippen LogP contribution in [0.1, 0.15) is 27.9 Å². The number of allylic oxidation sites excluding steroid dienone is 3. The Morgan fingerprint density at radius 3 is 2.62 bits per heavy atom. The molecule has 5 rings (SSSR count). The minimum absolute atomic E-state index is 0.469. The molecule has 0 bridgehead atoms. The van der Waals surface area contributed by atoms with E-state index >= 15 is 0 Å². The number of hydrogen-bond acceptors (Lipinski definition) is 3. The van der Waals surface area contributed by atoms with Crippen molar-refractivity contribution in [1.82, 2.24) is 4.98 Å². The van der Waals surface area contributed by atoms with E-state index in [1.54, 1.807) is 6.20 Å². The topological polar surface area (TPSA) is 34.5 Å². The Morgan fingerprint density at radius 2 is 1.75 bits per heavy atom. The number of ether oxygens (including phenoxy) is 1. The fraction of sp³-hybridized carbons (Fsp3) is 0.103. The zero-order valence-electron chi connectivity index (χ0n) is 17.8. The van der Waals surface area contributed by atoms with Crippen molar-refractivity contribution in [3.63, 3.8) is 0 Å². The molecule has 0 radical (unpaired) electrons. The second-order valence-corrected chi connectivity index (χ2v) is 7.87. The van der Waals surface area contributed by atoms with Crippen LogP contribution in [-0.2, 0) is 13.0 Å². The van der Waals surface area contributed by atoms with Crippen LogP contribution in [0.2, 0.25) is 0 Å². The van der Waals surface area contributed by atoms with Crippen molar-refractivity contribution in [2.45, 2.75) is 13.0 Å². The molecule has 156 valence electrons. The SMILES string of the molecule is C1=Cc2ccc(/C=C/C3=CC(/C=C/c4ccc(OCc5ccccn5)cc4)=NC3)cc2C1. The molecule has 32 heavy (non-hydrogen) atoms. The Hall–Kier alpha value is -3.98. The van der Waals surface area contributed by atoms with Gasteiger partial charge in [-0.05, 0) is 70.7 Å². The van der Waals surface area contributed by atoms with Crippen molar-refractivity contribution in [2.24, 2.45) is 4.99 Å². The summed E-state index contributed by atoms with van der Waals surface area (Å²) in [5.74, 6) is 0.834. The molecule has 0 atom stereocenters. The molecule has 3 nitrogen and oxygen atoms in total. The zero-order chi connectivity index (χ0) is 21.6. The summed E-state index contributed by atoms with van der Waals surface area (Å²) in [6.07, 6.45) is 17.9. The van der Waals surface area contributed by atoms with Gasteiger partial charge in [-0.2, -0.15) is 0 Å². The van der Waals surface area contributed by atoms with Crippen LogP contribution in [0.4, 0.5) is 0 Å². The number of fused-ring (bicyclic) bond motifs is 1. The summed E-state index contributed by atoms with van der Waals surface area (Å²) in [7, 11) is 0. The smallest absolute Gasteiger partial charge is 0.130 e. The first-order chi connectivity index (χ1) is 15.8. The number of aliphatic imine (C=N–C) groups is 1. The first-order valence-corrected chi connectivity index (χ1v) is 10.9. The van der Waals surface area contributed by atoms with Gasteiger partial charge >= 0.3 is 0 Å². The lowest BCUT2D eigenvalue weighted by Gasteiger charge is -2.05. The molecule has 0 N–H and O–H groups in total. The van der Waals surface area contributed by atoms with Gasteiger partial charge in [0.15, 0.2) is 0 Å². The van der Waals surface area contributed by atoms with Crippen molar-refractivity contribution in [2.75, 3.05) is 6.54 Å². The first kappa shape index (κ1) is 20.0. The number of rotatable bonds is 7. The molecule has 2 heterocycles. The highest BCUT2D eigenvalue weighted by atomic mass is 16.5. The Kier molecular flexibility index (Phi) is 5.89. The van der Waals surface area contributed by atoms with Gasteiger partial charge in [0.1, 0.15) is 12.4 Å². The van der Waals surface area contributed by atoms with Crippen LogP contribution in [0.5, 0.6) is 5.75 Å². The Morgan fingerprint density at radius 1 is 0.875 bits per heavy atom. The van der Waals surface area contributed by atoms with Gasteiger partial charge in [0.2, 0.25) is 0 Å². The molecule has 1 aliphatic heterocycles. The van der Waals surface area contributed by atoms with Crippen LogP contribution < -0.4 is 4.74 Å². The minimum Gasteiger partial charge on any atom is -0.487 e. The third-order valence-electron chi connectivity index (χ3n) is 5.51. The molecule has 0 saturated heterocycles. The fourth-order valence-electron chi connectivity index (χ4n) is 3.75. The number of nitrogens with zero attached hydrogens (tertiary/aromatic N) is 2. The van der Waals surface area contributed by atoms with Crippen LogP contribution in [-0.4, -0.2) is 17.2 Å². The number of pyridine rings is 1. The molecule has 3 aromatic rings. The molecule has 0 fully saturated rings. The average Bonchev–Trinajstić information content (AvgIpc) is 3.50. The monoisotopic (exact) mass is 416 g/mol. The maximum absolute atomic E-state index is 5.80. The highest BCUT2D eigenvalue weighted by Gasteiger charge is 2.06. The zero-order valence-corrected chi connectivity index (χ0v) is 17.8. The van der Waals surface area contributed by atoms with Gasteiger partial charge in [-0.15, -0.1) is 0 Å². The summed E-state index contributed by atoms with van der Waals surface area (Å²) >= 11 is 0. The van der Waals surface area contributed by atoms with Gasteiger partial charge in [-0.3, -0.25) is 9.98 Å². The second-order valence-electron chi connectivity index (χ2n) is 7.87. The predicted octanol–water partition coefficient (Wildman–Crippen LogP) is 6.34. The quantitative estimate of drug-likeness (QED) is 0.450. The lowest BCUT2D eigenvalue weighted by atomic mass is 10.0. The van der Waals surface area contributed by atoms with Gasteiger partial charge in [0.05, 0.1) is 18.0 Å². The standard InChI is InChI=1S/C29H24N2O/c1-2-17-30-28(6-1)21-32-29-15-11-22(12-16-29)10-14-27-19-24(20-31-27)8-7-23-9-13-25-4-3-5-26(25)18-23/h1-4,6-19H,5,20-21H2/b8-7+,14-10+. The highest BCUT2D eigenvalue weighted by molar-refractivity contribution is 6.08. The largest absolute Gasteiger partial charge is 0.487 e. The van der Waals surface area contributed by atoms with Gasteiger partial charge in [0, 0.05) is 6.20 Å². The molecule has 1 aliphatic carbocycles. The predicted molar refractivity (Wildman–Crippen MR) is 133 cm³/mol. The van der Waals surface area contributed by atoms with Gasteiger partial charge < -0.3 is 4.74 Å². The van der Waals surface area contributed by atoms with Crippen LogP contribution in [0.15, 0.2) is 102 Å². The van der Waals surface area contributed by atoms with E-state index in [1.807, 2.05) is 42.5 Å². The second kappa shape index (κ2) is 9.44. The fourth-order valence-corrected chi connectivity index (χ4v) is 3.75. The van der Waals surface area contributed by atoms with Crippen molar-refractivity contribution < 1.29 is 4.74 Å². The molecule has 0 spiro atoms. The summed E-state index contributed by atoms with van der Waals surface area (Å²) < 4.78 is 5.80. The van der Waals surface area contributed by atoms with E-state index in [2.05, 4.69) is 70.7 Å². The lowest BCUT2D eigenvalue weighted by Crippen LogP contribution is -1.97. The molecule has 1 aromatic heterocycles. The molecular formula is C29H24N2O. The van der Waals surface area contributed by atoms with Gasteiger partial charge in [0.25, 0.3) is 0 Å². The van der Waals surface area contributed by atoms with Gasteiger partial charge in [-0.25, -0.2) is 0 Å². The van der Waals surface area contributed by atoms with E-state index in [0.29, 0.717) is 6.61 Å². The molecule has 2 aliphatic rings. The average molecular weight is 417 g/mol. The van der Waals surface area contributed by atoms with E-state index in [4.69, 9.17) is 4.74 Å². The maximum atomic E-state index is 5.80. The molecule has 0 saturated carbocycles. The molecular weight excluding hydrogens is 392 g/mol. The summed E-state index contributed by atoms with van der Waals surface area (Å²) in [6, 6.07) is 20.5. The van der Waals surface area contributed by atoms with E-state index in [9.17, 15) is 0 Å². The van der Waals surface area contributed by atoms with Crippen LogP contribution in [0.25, 0.3) is 18.2 Å². The number of aromatic nitrogens is 1. The van der Waals surface area contributed by atoms with Crippen molar-refractivity contribution in [3.05, 3.63) is 125 Å². The van der Waals surface area contributed by atoms with E-state index < -0.39 is 0 Å². The summed E-state index contributed by atoms with van der Waals surface area (Å²) in [5, 5.41) is 0. The van der Waals surface area contributed by atoms with E-state index in [1.165, 1.54) is 22.3 Å². The number of hydrogen-bond donors (Lipinski definition) is 0. The maximum Gasteiger partial charge on any atom is 0.130 e. The van der Waals surface area contributed by atoms with Gasteiger partial charge in [-0.1, -0.05) is 66.8 Å². The molecule has 0 amide bonds. The third kappa shape index (κ3) is 5.01. The highest BCUT2D eigenvalue weighted by Crippen LogP contribution is 2.22. The summed E-state index contributed by atoms with van der Waals surface area (Å²) in [4.78, 5) is 8.90. The van der Waals surface area contributed by atoms with Crippen LogP contribution in [0, 0.1) is 0 Å². The van der Waals surface area contributed by atoms with Crippen molar-refractivity contribution in [3.8, 4) is 5.75 Å². The summed E-state index contributed by atoms with van der Waals surface area (Å²) in [6.45, 7) is 1.19. The van der Waals surface area contributed by atoms with Crippen LogP contribution in [0.3, 0.4) is 0 Å². The normalized spacial score (nSPS) is 14.8. The molecule has 2 aromatic carbocycles. The third-order valence-corrected chi connectivity index (χ3v) is 5.51.